The molecule has 0 unspecified atom stereocenters. The van der Waals surface area contributed by atoms with Crippen LogP contribution < -0.4 is 9.47 Å². The molecule has 1 heterocycles. The molecular weight excluding hydrogens is 284 g/mol. The van der Waals surface area contributed by atoms with Gasteiger partial charge in [0.1, 0.15) is 10.0 Å². The first-order valence-corrected chi connectivity index (χ1v) is 7.20. The van der Waals surface area contributed by atoms with E-state index in [0.29, 0.717) is 5.88 Å². The molecule has 0 fully saturated rings. The van der Waals surface area contributed by atoms with Crippen molar-refractivity contribution < 1.29 is 9.47 Å². The first-order valence-electron chi connectivity index (χ1n) is 5.85. The van der Waals surface area contributed by atoms with E-state index in [2.05, 4.69) is 10.2 Å². The summed E-state index contributed by atoms with van der Waals surface area (Å²) in [6.07, 6.45) is 1.51. The van der Waals surface area contributed by atoms with Crippen LogP contribution >= 0.6 is 22.9 Å². The van der Waals surface area contributed by atoms with Gasteiger partial charge in [0.05, 0.1) is 14.2 Å². The number of halogens is 1. The molecule has 0 amide bonds. The predicted octanol–water partition coefficient (Wildman–Crippen LogP) is 2.93. The second-order valence-electron chi connectivity index (χ2n) is 3.89. The van der Waals surface area contributed by atoms with Gasteiger partial charge in [0, 0.05) is 18.7 Å². The van der Waals surface area contributed by atoms with Crippen LogP contribution in [0.1, 0.15) is 15.6 Å². The van der Waals surface area contributed by atoms with E-state index in [1.807, 2.05) is 18.2 Å². The van der Waals surface area contributed by atoms with E-state index in [0.717, 1.165) is 39.9 Å². The number of aryl methyl sites for hydroxylation is 1. The Balaban J connectivity index is 2.13. The Hall–Kier alpha value is -1.33. The SMILES string of the molecule is COc1ccc(Cc2nnc(CCCl)s2)cc1OC. The van der Waals surface area contributed by atoms with Crippen molar-refractivity contribution >= 4 is 22.9 Å². The Morgan fingerprint density at radius 1 is 1.11 bits per heavy atom. The summed E-state index contributed by atoms with van der Waals surface area (Å²) in [4.78, 5) is 0. The summed E-state index contributed by atoms with van der Waals surface area (Å²) in [7, 11) is 3.26. The summed E-state index contributed by atoms with van der Waals surface area (Å²) in [6, 6.07) is 5.86. The van der Waals surface area contributed by atoms with Gasteiger partial charge < -0.3 is 9.47 Å². The number of hydrogen-bond acceptors (Lipinski definition) is 5. The minimum absolute atomic E-state index is 0.574. The van der Waals surface area contributed by atoms with Crippen molar-refractivity contribution in [3.05, 3.63) is 33.8 Å². The molecule has 1 aromatic carbocycles. The molecule has 0 aliphatic heterocycles. The van der Waals surface area contributed by atoms with Gasteiger partial charge in [0.2, 0.25) is 0 Å². The smallest absolute Gasteiger partial charge is 0.160 e. The molecule has 0 radical (unpaired) electrons. The monoisotopic (exact) mass is 298 g/mol. The van der Waals surface area contributed by atoms with Gasteiger partial charge in [-0.2, -0.15) is 0 Å². The van der Waals surface area contributed by atoms with Crippen LogP contribution in [0.5, 0.6) is 11.5 Å². The molecule has 0 spiro atoms. The third kappa shape index (κ3) is 3.58. The van der Waals surface area contributed by atoms with E-state index in [1.165, 1.54) is 0 Å². The number of nitrogens with zero attached hydrogens (tertiary/aromatic N) is 2. The van der Waals surface area contributed by atoms with Crippen molar-refractivity contribution in [2.45, 2.75) is 12.8 Å². The minimum atomic E-state index is 0.574. The second kappa shape index (κ2) is 6.73. The van der Waals surface area contributed by atoms with E-state index < -0.39 is 0 Å². The summed E-state index contributed by atoms with van der Waals surface area (Å²) >= 11 is 7.28. The third-order valence-electron chi connectivity index (χ3n) is 2.62. The summed E-state index contributed by atoms with van der Waals surface area (Å²) in [5.74, 6) is 2.03. The standard InChI is InChI=1S/C13H15ClN2O2S/c1-17-10-4-3-9(7-11(10)18-2)8-13-16-15-12(19-13)5-6-14/h3-4,7H,5-6,8H2,1-2H3. The highest BCUT2D eigenvalue weighted by Crippen LogP contribution is 2.28. The molecule has 0 aliphatic rings. The quantitative estimate of drug-likeness (QED) is 0.769. The number of methoxy groups -OCH3 is 2. The van der Waals surface area contributed by atoms with Crippen molar-refractivity contribution in [2.24, 2.45) is 0 Å². The lowest BCUT2D eigenvalue weighted by atomic mass is 10.1. The molecule has 0 N–H and O–H groups in total. The van der Waals surface area contributed by atoms with Crippen molar-refractivity contribution in [1.29, 1.82) is 0 Å². The summed E-state index contributed by atoms with van der Waals surface area (Å²) in [6.45, 7) is 0. The molecule has 0 saturated heterocycles. The molecule has 19 heavy (non-hydrogen) atoms. The van der Waals surface area contributed by atoms with Gasteiger partial charge in [-0.3, -0.25) is 0 Å². The van der Waals surface area contributed by atoms with Crippen molar-refractivity contribution in [1.82, 2.24) is 10.2 Å². The third-order valence-corrected chi connectivity index (χ3v) is 3.79. The van der Waals surface area contributed by atoms with Crippen LogP contribution in [0, 0.1) is 0 Å². The average Bonchev–Trinajstić information content (AvgIpc) is 2.86. The highest BCUT2D eigenvalue weighted by atomic mass is 35.5. The van der Waals surface area contributed by atoms with E-state index >= 15 is 0 Å². The number of ether oxygens (including phenoxy) is 2. The molecule has 1 aromatic heterocycles. The number of rotatable bonds is 6. The number of alkyl halides is 1. The van der Waals surface area contributed by atoms with Crippen molar-refractivity contribution in [2.75, 3.05) is 20.1 Å². The van der Waals surface area contributed by atoms with Gasteiger partial charge in [0.15, 0.2) is 11.5 Å². The molecule has 4 nitrogen and oxygen atoms in total. The Morgan fingerprint density at radius 2 is 1.84 bits per heavy atom. The topological polar surface area (TPSA) is 44.2 Å². The molecule has 0 saturated carbocycles. The molecule has 0 atom stereocenters. The Bertz CT molecular complexity index is 545. The molecule has 6 heteroatoms. The van der Waals surface area contributed by atoms with Crippen LogP contribution in [0.2, 0.25) is 0 Å². The molecular formula is C13H15ClN2O2S. The van der Waals surface area contributed by atoms with Crippen LogP contribution in [0.25, 0.3) is 0 Å². The molecule has 102 valence electrons. The van der Waals surface area contributed by atoms with E-state index in [9.17, 15) is 0 Å². The fourth-order valence-electron chi connectivity index (χ4n) is 1.71. The van der Waals surface area contributed by atoms with E-state index in [-0.39, 0.29) is 0 Å². The zero-order valence-corrected chi connectivity index (χ0v) is 12.4. The maximum absolute atomic E-state index is 5.69. The van der Waals surface area contributed by atoms with Crippen LogP contribution in [0.3, 0.4) is 0 Å². The average molecular weight is 299 g/mol. The Morgan fingerprint density at radius 3 is 2.53 bits per heavy atom. The second-order valence-corrected chi connectivity index (χ2v) is 5.42. The van der Waals surface area contributed by atoms with Crippen molar-refractivity contribution in [3.8, 4) is 11.5 Å². The van der Waals surface area contributed by atoms with Crippen molar-refractivity contribution in [3.63, 3.8) is 0 Å². The van der Waals surface area contributed by atoms with E-state index in [1.54, 1.807) is 25.6 Å². The summed E-state index contributed by atoms with van der Waals surface area (Å²) < 4.78 is 10.5. The largest absolute Gasteiger partial charge is 0.493 e. The molecule has 0 aliphatic carbocycles. The van der Waals surface area contributed by atoms with Gasteiger partial charge in [0.25, 0.3) is 0 Å². The van der Waals surface area contributed by atoms with Gasteiger partial charge >= 0.3 is 0 Å². The lowest BCUT2D eigenvalue weighted by molar-refractivity contribution is 0.354. The van der Waals surface area contributed by atoms with Crippen LogP contribution in [0.4, 0.5) is 0 Å². The lowest BCUT2D eigenvalue weighted by Gasteiger charge is -2.08. The van der Waals surface area contributed by atoms with Crippen LogP contribution in [0.15, 0.2) is 18.2 Å². The zero-order valence-electron chi connectivity index (χ0n) is 10.9. The first-order chi connectivity index (χ1) is 9.26. The highest BCUT2D eigenvalue weighted by molar-refractivity contribution is 7.11. The number of hydrogen-bond donors (Lipinski definition) is 0. The summed E-state index contributed by atoms with van der Waals surface area (Å²) in [5, 5.41) is 10.2. The maximum atomic E-state index is 5.69. The van der Waals surface area contributed by atoms with Gasteiger partial charge in [-0.1, -0.05) is 6.07 Å². The highest BCUT2D eigenvalue weighted by Gasteiger charge is 2.08. The molecule has 2 aromatic rings. The Labute approximate surface area is 121 Å². The van der Waals surface area contributed by atoms with Crippen LogP contribution in [-0.4, -0.2) is 30.3 Å². The fourth-order valence-corrected chi connectivity index (χ4v) is 2.88. The summed E-state index contributed by atoms with van der Waals surface area (Å²) in [5.41, 5.74) is 1.12. The first kappa shape index (κ1) is 14.1. The fraction of sp³-hybridized carbons (Fsp3) is 0.385. The normalized spacial score (nSPS) is 10.5. The maximum Gasteiger partial charge on any atom is 0.160 e. The van der Waals surface area contributed by atoms with E-state index in [4.69, 9.17) is 21.1 Å². The van der Waals surface area contributed by atoms with Gasteiger partial charge in [-0.15, -0.1) is 33.1 Å². The zero-order chi connectivity index (χ0) is 13.7. The Kier molecular flexibility index (Phi) is 4.99. The van der Waals surface area contributed by atoms with Crippen LogP contribution in [-0.2, 0) is 12.8 Å². The number of aromatic nitrogens is 2. The van der Waals surface area contributed by atoms with Gasteiger partial charge in [-0.05, 0) is 17.7 Å². The molecule has 0 bridgehead atoms. The number of benzene rings is 1. The predicted molar refractivity (Wildman–Crippen MR) is 76.7 cm³/mol. The lowest BCUT2D eigenvalue weighted by Crippen LogP contribution is -1.93. The minimum Gasteiger partial charge on any atom is -0.493 e. The molecule has 2 rings (SSSR count). The van der Waals surface area contributed by atoms with Gasteiger partial charge in [-0.25, -0.2) is 0 Å².